The van der Waals surface area contributed by atoms with Gasteiger partial charge in [-0.15, -0.1) is 5.10 Å². The van der Waals surface area contributed by atoms with Crippen molar-refractivity contribution in [1.82, 2.24) is 14.9 Å². The Morgan fingerprint density at radius 2 is 2.24 bits per heavy atom. The maximum atomic E-state index is 5.41. The molecule has 1 aromatic rings. The standard InChI is InChI=1S/C12H21N3OS/c1-3-10-12(17-15-14-10)11(13-2)8-9-4-6-16-7-5-9/h9,11,13H,3-8H2,1-2H3. The molecular formula is C12H21N3OS. The Morgan fingerprint density at radius 3 is 2.88 bits per heavy atom. The number of aryl methyl sites for hydroxylation is 1. The van der Waals surface area contributed by atoms with Crippen LogP contribution in [0, 0.1) is 5.92 Å². The van der Waals surface area contributed by atoms with E-state index in [4.69, 9.17) is 4.74 Å². The van der Waals surface area contributed by atoms with E-state index in [1.165, 1.54) is 24.1 Å². The highest BCUT2D eigenvalue weighted by Gasteiger charge is 2.22. The van der Waals surface area contributed by atoms with Crippen LogP contribution in [-0.4, -0.2) is 29.8 Å². The molecule has 0 aliphatic carbocycles. The number of aromatic nitrogens is 2. The van der Waals surface area contributed by atoms with E-state index in [2.05, 4.69) is 21.8 Å². The van der Waals surface area contributed by atoms with Crippen molar-refractivity contribution in [2.75, 3.05) is 20.3 Å². The number of nitrogens with one attached hydrogen (secondary N) is 1. The van der Waals surface area contributed by atoms with Crippen molar-refractivity contribution in [3.05, 3.63) is 10.6 Å². The van der Waals surface area contributed by atoms with Crippen molar-refractivity contribution in [2.24, 2.45) is 5.92 Å². The minimum atomic E-state index is 0.410. The molecule has 1 unspecified atom stereocenters. The van der Waals surface area contributed by atoms with Gasteiger partial charge in [0.1, 0.15) is 0 Å². The molecule has 4 nitrogen and oxygen atoms in total. The lowest BCUT2D eigenvalue weighted by atomic mass is 9.91. The number of hydrogen-bond acceptors (Lipinski definition) is 5. The molecule has 2 rings (SSSR count). The molecule has 0 bridgehead atoms. The zero-order chi connectivity index (χ0) is 12.1. The average molecular weight is 255 g/mol. The van der Waals surface area contributed by atoms with Gasteiger partial charge in [-0.1, -0.05) is 11.4 Å². The van der Waals surface area contributed by atoms with E-state index < -0.39 is 0 Å². The Balaban J connectivity index is 2.00. The molecule has 1 aliphatic heterocycles. The molecule has 96 valence electrons. The third-order valence-electron chi connectivity index (χ3n) is 3.49. The molecule has 0 radical (unpaired) electrons. The molecule has 1 atom stereocenters. The van der Waals surface area contributed by atoms with Gasteiger partial charge in [-0.25, -0.2) is 0 Å². The topological polar surface area (TPSA) is 47.0 Å². The maximum Gasteiger partial charge on any atom is 0.0800 e. The second-order valence-electron chi connectivity index (χ2n) is 4.57. The lowest BCUT2D eigenvalue weighted by molar-refractivity contribution is 0.0609. The van der Waals surface area contributed by atoms with Crippen LogP contribution in [0.3, 0.4) is 0 Å². The molecule has 2 heterocycles. The minimum absolute atomic E-state index is 0.410. The second-order valence-corrected chi connectivity index (χ2v) is 5.36. The molecule has 0 aromatic carbocycles. The van der Waals surface area contributed by atoms with Crippen molar-refractivity contribution >= 4 is 11.5 Å². The molecular weight excluding hydrogens is 234 g/mol. The van der Waals surface area contributed by atoms with E-state index in [-0.39, 0.29) is 0 Å². The summed E-state index contributed by atoms with van der Waals surface area (Å²) >= 11 is 1.54. The number of hydrogen-bond donors (Lipinski definition) is 1. The van der Waals surface area contributed by atoms with Gasteiger partial charge in [-0.2, -0.15) is 0 Å². The van der Waals surface area contributed by atoms with E-state index in [1.807, 2.05) is 7.05 Å². The molecule has 0 saturated carbocycles. The predicted molar refractivity (Wildman–Crippen MR) is 69.2 cm³/mol. The summed E-state index contributed by atoms with van der Waals surface area (Å²) in [7, 11) is 2.03. The van der Waals surface area contributed by atoms with Crippen LogP contribution in [0.2, 0.25) is 0 Å². The summed E-state index contributed by atoms with van der Waals surface area (Å²) in [5, 5.41) is 7.62. The fraction of sp³-hybridized carbons (Fsp3) is 0.833. The lowest BCUT2D eigenvalue weighted by Gasteiger charge is -2.26. The summed E-state index contributed by atoms with van der Waals surface area (Å²) in [6.45, 7) is 3.98. The highest BCUT2D eigenvalue weighted by Crippen LogP contribution is 2.30. The summed E-state index contributed by atoms with van der Waals surface area (Å²) in [4.78, 5) is 1.32. The number of nitrogens with zero attached hydrogens (tertiary/aromatic N) is 2. The first-order valence-electron chi connectivity index (χ1n) is 6.41. The Hall–Kier alpha value is -0.520. The summed E-state index contributed by atoms with van der Waals surface area (Å²) in [6.07, 6.45) is 4.52. The van der Waals surface area contributed by atoms with E-state index >= 15 is 0 Å². The van der Waals surface area contributed by atoms with Crippen LogP contribution in [0.25, 0.3) is 0 Å². The third-order valence-corrected chi connectivity index (χ3v) is 4.38. The SMILES string of the molecule is CCc1nnsc1C(CC1CCOCC1)NC. The van der Waals surface area contributed by atoms with Crippen molar-refractivity contribution in [3.63, 3.8) is 0 Å². The quantitative estimate of drug-likeness (QED) is 0.876. The third kappa shape index (κ3) is 3.24. The van der Waals surface area contributed by atoms with Gasteiger partial charge in [-0.3, -0.25) is 0 Å². The van der Waals surface area contributed by atoms with Crippen LogP contribution in [0.1, 0.15) is 42.8 Å². The average Bonchev–Trinajstić information content (AvgIpc) is 2.85. The van der Waals surface area contributed by atoms with Crippen LogP contribution in [0.4, 0.5) is 0 Å². The van der Waals surface area contributed by atoms with Gasteiger partial charge in [0, 0.05) is 19.3 Å². The lowest BCUT2D eigenvalue weighted by Crippen LogP contribution is -2.24. The first-order chi connectivity index (χ1) is 8.35. The highest BCUT2D eigenvalue weighted by molar-refractivity contribution is 7.05. The molecule has 1 aliphatic rings. The molecule has 1 fully saturated rings. The number of ether oxygens (including phenoxy) is 1. The van der Waals surface area contributed by atoms with Crippen LogP contribution >= 0.6 is 11.5 Å². The fourth-order valence-corrected chi connectivity index (χ4v) is 3.26. The van der Waals surface area contributed by atoms with Crippen molar-refractivity contribution < 1.29 is 4.74 Å². The minimum Gasteiger partial charge on any atom is -0.381 e. The molecule has 17 heavy (non-hydrogen) atoms. The Bertz CT molecular complexity index is 336. The van der Waals surface area contributed by atoms with Crippen LogP contribution in [0.15, 0.2) is 0 Å². The van der Waals surface area contributed by atoms with Gasteiger partial charge in [-0.05, 0) is 50.2 Å². The van der Waals surface area contributed by atoms with Gasteiger partial charge in [0.15, 0.2) is 0 Å². The van der Waals surface area contributed by atoms with Crippen molar-refractivity contribution in [1.29, 1.82) is 0 Å². The summed E-state index contributed by atoms with van der Waals surface area (Å²) in [5.74, 6) is 0.771. The monoisotopic (exact) mass is 255 g/mol. The first-order valence-corrected chi connectivity index (χ1v) is 7.18. The molecule has 0 amide bonds. The van der Waals surface area contributed by atoms with Gasteiger partial charge in [0.05, 0.1) is 10.6 Å². The number of rotatable bonds is 5. The Morgan fingerprint density at radius 1 is 1.47 bits per heavy atom. The van der Waals surface area contributed by atoms with Crippen molar-refractivity contribution in [3.8, 4) is 0 Å². The first kappa shape index (κ1) is 12.9. The Labute approximate surface area is 107 Å². The van der Waals surface area contributed by atoms with Crippen LogP contribution < -0.4 is 5.32 Å². The zero-order valence-corrected chi connectivity index (χ0v) is 11.4. The van der Waals surface area contributed by atoms with Gasteiger partial charge in [0.25, 0.3) is 0 Å². The smallest absolute Gasteiger partial charge is 0.0800 e. The van der Waals surface area contributed by atoms with E-state index in [0.29, 0.717) is 6.04 Å². The van der Waals surface area contributed by atoms with Gasteiger partial charge >= 0.3 is 0 Å². The predicted octanol–water partition coefficient (Wildman–Crippen LogP) is 2.18. The summed E-state index contributed by atoms with van der Waals surface area (Å²) < 4.78 is 9.49. The highest BCUT2D eigenvalue weighted by atomic mass is 32.1. The zero-order valence-electron chi connectivity index (χ0n) is 10.6. The Kier molecular flexibility index (Phi) is 4.88. The normalized spacial score (nSPS) is 19.4. The summed E-state index contributed by atoms with van der Waals surface area (Å²) in [5.41, 5.74) is 1.15. The van der Waals surface area contributed by atoms with Gasteiger partial charge in [0.2, 0.25) is 0 Å². The molecule has 5 heteroatoms. The molecule has 1 saturated heterocycles. The van der Waals surface area contributed by atoms with Crippen LogP contribution in [-0.2, 0) is 11.2 Å². The van der Waals surface area contributed by atoms with Crippen molar-refractivity contribution in [2.45, 2.75) is 38.6 Å². The van der Waals surface area contributed by atoms with Gasteiger partial charge < -0.3 is 10.1 Å². The molecule has 1 aromatic heterocycles. The summed E-state index contributed by atoms with van der Waals surface area (Å²) in [6, 6.07) is 0.410. The van der Waals surface area contributed by atoms with E-state index in [0.717, 1.165) is 31.2 Å². The fourth-order valence-electron chi connectivity index (χ4n) is 2.40. The largest absolute Gasteiger partial charge is 0.381 e. The van der Waals surface area contributed by atoms with E-state index in [9.17, 15) is 0 Å². The second kappa shape index (κ2) is 6.42. The van der Waals surface area contributed by atoms with E-state index in [1.54, 1.807) is 11.5 Å². The molecule has 1 N–H and O–H groups in total. The van der Waals surface area contributed by atoms with Crippen LogP contribution in [0.5, 0.6) is 0 Å². The maximum absolute atomic E-state index is 5.41. The molecule has 0 spiro atoms.